The van der Waals surface area contributed by atoms with Crippen LogP contribution in [-0.4, -0.2) is 55.3 Å². The molecule has 7 nitrogen and oxygen atoms in total. The highest BCUT2D eigenvalue weighted by atomic mass is 16.5. The Morgan fingerprint density at radius 2 is 2.35 bits per heavy atom. The van der Waals surface area contributed by atoms with Crippen LogP contribution in [0, 0.1) is 0 Å². The Bertz CT molecular complexity index is 681. The molecule has 2 aromatic rings. The summed E-state index contributed by atoms with van der Waals surface area (Å²) >= 11 is 0. The van der Waals surface area contributed by atoms with Crippen LogP contribution < -0.4 is 10.6 Å². The number of hydrogen-bond acceptors (Lipinski definition) is 4. The molecule has 2 heterocycles. The van der Waals surface area contributed by atoms with Crippen LogP contribution in [0.25, 0.3) is 5.69 Å². The average molecular weight is 357 g/mol. The van der Waals surface area contributed by atoms with Crippen LogP contribution in [0.3, 0.4) is 0 Å². The second kappa shape index (κ2) is 9.94. The average Bonchev–Trinajstić information content (AvgIpc) is 3.38. The van der Waals surface area contributed by atoms with Crippen LogP contribution in [0.4, 0.5) is 0 Å². The molecule has 0 radical (unpaired) electrons. The molecule has 0 spiro atoms. The first-order valence-electron chi connectivity index (χ1n) is 9.08. The highest BCUT2D eigenvalue weighted by Crippen LogP contribution is 2.09. The summed E-state index contributed by atoms with van der Waals surface area (Å²) in [6, 6.07) is 10.2. The number of benzene rings is 1. The van der Waals surface area contributed by atoms with Crippen molar-refractivity contribution in [3.8, 4) is 5.69 Å². The fraction of sp³-hybridized carbons (Fsp3) is 0.474. The molecule has 1 aliphatic heterocycles. The van der Waals surface area contributed by atoms with Crippen molar-refractivity contribution >= 4 is 5.96 Å². The molecule has 1 atom stereocenters. The molecule has 140 valence electrons. The Morgan fingerprint density at radius 1 is 1.38 bits per heavy atom. The Labute approximate surface area is 154 Å². The molecule has 1 fully saturated rings. The molecule has 2 N–H and O–H groups in total. The smallest absolute Gasteiger partial charge is 0.191 e. The zero-order valence-corrected chi connectivity index (χ0v) is 15.2. The van der Waals surface area contributed by atoms with Crippen molar-refractivity contribution in [1.82, 2.24) is 20.4 Å². The number of nitrogens with zero attached hydrogens (tertiary/aromatic N) is 3. The minimum Gasteiger partial charge on any atom is -0.379 e. The largest absolute Gasteiger partial charge is 0.379 e. The molecule has 3 rings (SSSR count). The van der Waals surface area contributed by atoms with Gasteiger partial charge in [-0.15, -0.1) is 0 Å². The summed E-state index contributed by atoms with van der Waals surface area (Å²) in [5.74, 6) is 0.790. The Kier molecular flexibility index (Phi) is 7.04. The van der Waals surface area contributed by atoms with E-state index in [1.165, 1.54) is 5.56 Å². The summed E-state index contributed by atoms with van der Waals surface area (Å²) in [6.07, 6.45) is 5.93. The molecule has 1 aromatic carbocycles. The predicted octanol–water partition coefficient (Wildman–Crippen LogP) is 1.73. The minimum atomic E-state index is 0.273. The van der Waals surface area contributed by atoms with E-state index in [-0.39, 0.29) is 6.10 Å². The lowest BCUT2D eigenvalue weighted by atomic mass is 10.2. The van der Waals surface area contributed by atoms with Crippen LogP contribution in [0.2, 0.25) is 0 Å². The van der Waals surface area contributed by atoms with E-state index in [9.17, 15) is 0 Å². The van der Waals surface area contributed by atoms with Crippen molar-refractivity contribution in [2.45, 2.75) is 25.5 Å². The number of hydrogen-bond donors (Lipinski definition) is 2. The predicted molar refractivity (Wildman–Crippen MR) is 102 cm³/mol. The van der Waals surface area contributed by atoms with Gasteiger partial charge in [0.25, 0.3) is 0 Å². The molecular formula is C19H27N5O2. The molecule has 0 saturated carbocycles. The third-order valence-corrected chi connectivity index (χ3v) is 4.22. The molecule has 0 bridgehead atoms. The number of aliphatic imine (C=N–C) groups is 1. The van der Waals surface area contributed by atoms with Crippen LogP contribution in [0.1, 0.15) is 18.4 Å². The third kappa shape index (κ3) is 5.57. The Morgan fingerprint density at radius 3 is 3.12 bits per heavy atom. The van der Waals surface area contributed by atoms with Crippen molar-refractivity contribution in [3.63, 3.8) is 0 Å². The van der Waals surface area contributed by atoms with Gasteiger partial charge in [-0.05, 0) is 36.6 Å². The van der Waals surface area contributed by atoms with Crippen molar-refractivity contribution in [2.75, 3.05) is 33.4 Å². The maximum absolute atomic E-state index is 5.76. The standard InChI is InChI=1S/C19H27N5O2/c1-20-19(21-8-4-11-26-18-7-12-25-15-18)22-14-16-5-2-6-17(13-16)24-10-3-9-23-24/h2-3,5-6,9-10,13,18H,4,7-8,11-12,14-15H2,1H3,(H2,20,21,22). The van der Waals surface area contributed by atoms with E-state index in [0.717, 1.165) is 50.9 Å². The highest BCUT2D eigenvalue weighted by Gasteiger charge is 2.15. The van der Waals surface area contributed by atoms with E-state index in [0.29, 0.717) is 6.54 Å². The van der Waals surface area contributed by atoms with Gasteiger partial charge in [0.2, 0.25) is 0 Å². The molecule has 0 aliphatic carbocycles. The highest BCUT2D eigenvalue weighted by molar-refractivity contribution is 5.79. The lowest BCUT2D eigenvalue weighted by Gasteiger charge is -2.13. The van der Waals surface area contributed by atoms with Gasteiger partial charge in [-0.25, -0.2) is 4.68 Å². The zero-order chi connectivity index (χ0) is 18.0. The third-order valence-electron chi connectivity index (χ3n) is 4.22. The number of ether oxygens (including phenoxy) is 2. The van der Waals surface area contributed by atoms with E-state index in [1.807, 2.05) is 29.1 Å². The maximum Gasteiger partial charge on any atom is 0.191 e. The monoisotopic (exact) mass is 357 g/mol. The number of aromatic nitrogens is 2. The fourth-order valence-electron chi connectivity index (χ4n) is 2.81. The minimum absolute atomic E-state index is 0.273. The van der Waals surface area contributed by atoms with Crippen molar-refractivity contribution in [1.29, 1.82) is 0 Å². The van der Waals surface area contributed by atoms with E-state index in [4.69, 9.17) is 9.47 Å². The first-order chi connectivity index (χ1) is 12.8. The van der Waals surface area contributed by atoms with Gasteiger partial charge in [-0.2, -0.15) is 5.10 Å². The summed E-state index contributed by atoms with van der Waals surface area (Å²) in [4.78, 5) is 4.27. The maximum atomic E-state index is 5.76. The van der Waals surface area contributed by atoms with Gasteiger partial charge in [0, 0.05) is 45.7 Å². The van der Waals surface area contributed by atoms with Gasteiger partial charge >= 0.3 is 0 Å². The summed E-state index contributed by atoms with van der Waals surface area (Å²) in [6.45, 7) is 3.81. The molecule has 1 aromatic heterocycles. The first kappa shape index (κ1) is 18.4. The molecule has 1 unspecified atom stereocenters. The van der Waals surface area contributed by atoms with Crippen LogP contribution >= 0.6 is 0 Å². The Hall–Kier alpha value is -2.38. The van der Waals surface area contributed by atoms with Crippen molar-refractivity contribution in [3.05, 3.63) is 48.3 Å². The second-order valence-corrected chi connectivity index (χ2v) is 6.18. The molecule has 26 heavy (non-hydrogen) atoms. The van der Waals surface area contributed by atoms with Gasteiger partial charge in [0.1, 0.15) is 0 Å². The summed E-state index contributed by atoms with van der Waals surface area (Å²) < 4.78 is 12.9. The van der Waals surface area contributed by atoms with E-state index in [1.54, 1.807) is 13.2 Å². The van der Waals surface area contributed by atoms with Crippen LogP contribution in [0.15, 0.2) is 47.7 Å². The molecule has 1 saturated heterocycles. The lowest BCUT2D eigenvalue weighted by Crippen LogP contribution is -2.37. The summed E-state index contributed by atoms with van der Waals surface area (Å²) in [5, 5.41) is 10.9. The van der Waals surface area contributed by atoms with Crippen molar-refractivity contribution in [2.24, 2.45) is 4.99 Å². The molecular weight excluding hydrogens is 330 g/mol. The van der Waals surface area contributed by atoms with Gasteiger partial charge in [0.15, 0.2) is 5.96 Å². The second-order valence-electron chi connectivity index (χ2n) is 6.18. The normalized spacial score (nSPS) is 17.4. The van der Waals surface area contributed by atoms with E-state index in [2.05, 4.69) is 32.9 Å². The zero-order valence-electron chi connectivity index (χ0n) is 15.2. The van der Waals surface area contributed by atoms with Gasteiger partial charge in [0.05, 0.1) is 18.4 Å². The van der Waals surface area contributed by atoms with Gasteiger partial charge in [-0.3, -0.25) is 4.99 Å². The first-order valence-corrected chi connectivity index (χ1v) is 9.08. The number of guanidine groups is 1. The summed E-state index contributed by atoms with van der Waals surface area (Å²) in [7, 11) is 1.78. The number of nitrogens with one attached hydrogen (secondary N) is 2. The van der Waals surface area contributed by atoms with E-state index < -0.39 is 0 Å². The number of rotatable bonds is 8. The fourth-order valence-corrected chi connectivity index (χ4v) is 2.81. The molecule has 7 heteroatoms. The summed E-state index contributed by atoms with van der Waals surface area (Å²) in [5.41, 5.74) is 2.22. The lowest BCUT2D eigenvalue weighted by molar-refractivity contribution is 0.0420. The van der Waals surface area contributed by atoms with Gasteiger partial charge in [-0.1, -0.05) is 12.1 Å². The van der Waals surface area contributed by atoms with Crippen LogP contribution in [-0.2, 0) is 16.0 Å². The van der Waals surface area contributed by atoms with Crippen molar-refractivity contribution < 1.29 is 9.47 Å². The van der Waals surface area contributed by atoms with E-state index >= 15 is 0 Å². The Balaban J connectivity index is 1.38. The molecule has 0 amide bonds. The van der Waals surface area contributed by atoms with Gasteiger partial charge < -0.3 is 20.1 Å². The van der Waals surface area contributed by atoms with Crippen LogP contribution in [0.5, 0.6) is 0 Å². The quantitative estimate of drug-likeness (QED) is 0.428. The molecule has 1 aliphatic rings. The SMILES string of the molecule is CN=C(NCCCOC1CCOC1)NCc1cccc(-n2cccn2)c1. The topological polar surface area (TPSA) is 72.7 Å².